The topological polar surface area (TPSA) is 60.0 Å². The molecule has 1 atom stereocenters. The Bertz CT molecular complexity index is 556. The summed E-state index contributed by atoms with van der Waals surface area (Å²) in [6, 6.07) is 5.84. The van der Waals surface area contributed by atoms with Crippen LogP contribution >= 0.6 is 0 Å². The van der Waals surface area contributed by atoms with Gasteiger partial charge in [-0.3, -0.25) is 9.69 Å². The van der Waals surface area contributed by atoms with Gasteiger partial charge in [-0.2, -0.15) is 0 Å². The van der Waals surface area contributed by atoms with Crippen molar-refractivity contribution in [1.82, 2.24) is 10.2 Å². The molecule has 1 amide bonds. The first kappa shape index (κ1) is 19.5. The fraction of sp³-hybridized carbons (Fsp3) is 0.632. The number of nitrogens with one attached hydrogen (secondary N) is 1. The number of hydrogen-bond acceptors (Lipinski definition) is 5. The van der Waals surface area contributed by atoms with E-state index in [9.17, 15) is 4.79 Å². The molecule has 0 aromatic heterocycles. The van der Waals surface area contributed by atoms with E-state index in [2.05, 4.69) is 24.1 Å². The first-order valence-electron chi connectivity index (χ1n) is 8.84. The number of morpholine rings is 1. The van der Waals surface area contributed by atoms with Crippen molar-refractivity contribution >= 4 is 5.91 Å². The minimum absolute atomic E-state index is 0.00220. The molecular weight excluding hydrogens is 320 g/mol. The maximum absolute atomic E-state index is 12.4. The van der Waals surface area contributed by atoms with Gasteiger partial charge in [-0.25, -0.2) is 0 Å². The summed E-state index contributed by atoms with van der Waals surface area (Å²) in [6.45, 7) is 8.41. The van der Waals surface area contributed by atoms with Gasteiger partial charge in [-0.15, -0.1) is 0 Å². The van der Waals surface area contributed by atoms with Crippen LogP contribution in [0.5, 0.6) is 11.5 Å². The van der Waals surface area contributed by atoms with Crippen LogP contribution in [0, 0.1) is 5.92 Å². The molecule has 25 heavy (non-hydrogen) atoms. The molecule has 1 aromatic carbocycles. The van der Waals surface area contributed by atoms with E-state index in [0.29, 0.717) is 36.4 Å². The number of benzene rings is 1. The third kappa shape index (κ3) is 5.61. The Morgan fingerprint density at radius 3 is 2.56 bits per heavy atom. The quantitative estimate of drug-likeness (QED) is 0.774. The molecule has 140 valence electrons. The molecule has 1 N–H and O–H groups in total. The van der Waals surface area contributed by atoms with Crippen LogP contribution < -0.4 is 14.8 Å². The maximum Gasteiger partial charge on any atom is 0.224 e. The molecule has 0 radical (unpaired) electrons. The van der Waals surface area contributed by atoms with Gasteiger partial charge in [0.05, 0.1) is 33.9 Å². The number of nitrogens with zero attached hydrogens (tertiary/aromatic N) is 1. The van der Waals surface area contributed by atoms with Gasteiger partial charge < -0.3 is 19.5 Å². The van der Waals surface area contributed by atoms with Crippen molar-refractivity contribution in [3.05, 3.63) is 23.8 Å². The molecule has 0 bridgehead atoms. The fourth-order valence-electron chi connectivity index (χ4n) is 3.15. The molecule has 0 spiro atoms. The molecule has 6 heteroatoms. The Labute approximate surface area is 150 Å². The van der Waals surface area contributed by atoms with Crippen molar-refractivity contribution in [2.24, 2.45) is 5.92 Å². The molecule has 6 nitrogen and oxygen atoms in total. The summed E-state index contributed by atoms with van der Waals surface area (Å²) in [5.74, 6) is 1.85. The first-order chi connectivity index (χ1) is 12.0. The predicted octanol–water partition coefficient (Wildman–Crippen LogP) is 1.72. The van der Waals surface area contributed by atoms with Gasteiger partial charge >= 0.3 is 0 Å². The number of ether oxygens (including phenoxy) is 3. The molecule has 0 aliphatic carbocycles. The molecule has 2 rings (SSSR count). The minimum Gasteiger partial charge on any atom is -0.497 e. The number of carbonyl (C=O) groups excluding carboxylic acids is 1. The normalized spacial score (nSPS) is 16.5. The lowest BCUT2D eigenvalue weighted by Crippen LogP contribution is -2.51. The van der Waals surface area contributed by atoms with Gasteiger partial charge in [0.25, 0.3) is 0 Å². The molecule has 0 saturated carbocycles. The number of carbonyl (C=O) groups is 1. The van der Waals surface area contributed by atoms with Crippen molar-refractivity contribution in [3.63, 3.8) is 0 Å². The average Bonchev–Trinajstić information content (AvgIpc) is 2.62. The highest BCUT2D eigenvalue weighted by molar-refractivity contribution is 5.79. The standard InChI is InChI=1S/C19H30N2O4/c1-14(2)17(21-7-9-25-10-8-21)13-20-19(22)11-15-5-6-16(23-3)12-18(15)24-4/h5-6,12,14,17H,7-11,13H2,1-4H3,(H,20,22). The number of amides is 1. The number of hydrogen-bond donors (Lipinski definition) is 1. The largest absolute Gasteiger partial charge is 0.497 e. The van der Waals surface area contributed by atoms with E-state index in [-0.39, 0.29) is 5.91 Å². The first-order valence-corrected chi connectivity index (χ1v) is 8.84. The zero-order valence-electron chi connectivity index (χ0n) is 15.7. The monoisotopic (exact) mass is 350 g/mol. The van der Waals surface area contributed by atoms with Crippen LogP contribution in [0.2, 0.25) is 0 Å². The second kappa shape index (κ2) is 9.63. The Kier molecular flexibility index (Phi) is 7.52. The number of methoxy groups -OCH3 is 2. The smallest absolute Gasteiger partial charge is 0.224 e. The molecular formula is C19H30N2O4. The van der Waals surface area contributed by atoms with Crippen LogP contribution in [0.25, 0.3) is 0 Å². The third-order valence-electron chi connectivity index (χ3n) is 4.64. The molecule has 1 saturated heterocycles. The summed E-state index contributed by atoms with van der Waals surface area (Å²) in [7, 11) is 3.21. The zero-order chi connectivity index (χ0) is 18.2. The van der Waals surface area contributed by atoms with Crippen molar-refractivity contribution in [3.8, 4) is 11.5 Å². The van der Waals surface area contributed by atoms with Crippen LogP contribution in [0.15, 0.2) is 18.2 Å². The Morgan fingerprint density at radius 2 is 1.96 bits per heavy atom. The Hall–Kier alpha value is -1.79. The van der Waals surface area contributed by atoms with Gasteiger partial charge in [0.2, 0.25) is 5.91 Å². The van der Waals surface area contributed by atoms with Crippen molar-refractivity contribution in [1.29, 1.82) is 0 Å². The second-order valence-corrected chi connectivity index (χ2v) is 6.62. The minimum atomic E-state index is 0.00220. The van der Waals surface area contributed by atoms with E-state index in [4.69, 9.17) is 14.2 Å². The highest BCUT2D eigenvalue weighted by Gasteiger charge is 2.24. The van der Waals surface area contributed by atoms with Gasteiger partial charge in [-0.1, -0.05) is 19.9 Å². The lowest BCUT2D eigenvalue weighted by molar-refractivity contribution is -0.120. The summed E-state index contributed by atoms with van der Waals surface area (Å²) >= 11 is 0. The van der Waals surface area contributed by atoms with Crippen LogP contribution in [0.4, 0.5) is 0 Å². The molecule has 1 aliphatic rings. The van der Waals surface area contributed by atoms with Crippen LogP contribution in [-0.4, -0.2) is 63.9 Å². The van der Waals surface area contributed by atoms with Crippen LogP contribution in [0.1, 0.15) is 19.4 Å². The molecule has 1 heterocycles. The average molecular weight is 350 g/mol. The summed E-state index contributed by atoms with van der Waals surface area (Å²) in [5.41, 5.74) is 0.855. The second-order valence-electron chi connectivity index (χ2n) is 6.62. The summed E-state index contributed by atoms with van der Waals surface area (Å²) in [5, 5.41) is 3.08. The summed E-state index contributed by atoms with van der Waals surface area (Å²) in [6.07, 6.45) is 0.293. The van der Waals surface area contributed by atoms with Crippen LogP contribution in [-0.2, 0) is 16.0 Å². The lowest BCUT2D eigenvalue weighted by atomic mass is 10.0. The van der Waals surface area contributed by atoms with Crippen molar-refractivity contribution < 1.29 is 19.0 Å². The van der Waals surface area contributed by atoms with E-state index in [1.54, 1.807) is 20.3 Å². The molecule has 1 unspecified atom stereocenters. The van der Waals surface area contributed by atoms with Gasteiger partial charge in [0.1, 0.15) is 11.5 Å². The summed E-state index contributed by atoms with van der Waals surface area (Å²) in [4.78, 5) is 14.8. The van der Waals surface area contributed by atoms with E-state index in [0.717, 1.165) is 31.9 Å². The van der Waals surface area contributed by atoms with E-state index >= 15 is 0 Å². The van der Waals surface area contributed by atoms with E-state index in [1.165, 1.54) is 0 Å². The molecule has 1 aliphatic heterocycles. The molecule has 1 fully saturated rings. The van der Waals surface area contributed by atoms with Gasteiger partial charge in [-0.05, 0) is 12.0 Å². The van der Waals surface area contributed by atoms with E-state index < -0.39 is 0 Å². The highest BCUT2D eigenvalue weighted by Crippen LogP contribution is 2.25. The zero-order valence-corrected chi connectivity index (χ0v) is 15.7. The van der Waals surface area contributed by atoms with Crippen molar-refractivity contribution in [2.75, 3.05) is 47.1 Å². The van der Waals surface area contributed by atoms with Gasteiger partial charge in [0, 0.05) is 37.3 Å². The SMILES string of the molecule is COc1ccc(CC(=O)NCC(C(C)C)N2CCOCC2)c(OC)c1. The van der Waals surface area contributed by atoms with Gasteiger partial charge in [0.15, 0.2) is 0 Å². The van der Waals surface area contributed by atoms with Crippen molar-refractivity contribution in [2.45, 2.75) is 26.3 Å². The fourth-order valence-corrected chi connectivity index (χ4v) is 3.15. The predicted molar refractivity (Wildman–Crippen MR) is 97.3 cm³/mol. The Balaban J connectivity index is 1.92. The highest BCUT2D eigenvalue weighted by atomic mass is 16.5. The third-order valence-corrected chi connectivity index (χ3v) is 4.64. The number of rotatable bonds is 8. The maximum atomic E-state index is 12.4. The van der Waals surface area contributed by atoms with Crippen LogP contribution in [0.3, 0.4) is 0 Å². The Morgan fingerprint density at radius 1 is 1.24 bits per heavy atom. The lowest BCUT2D eigenvalue weighted by Gasteiger charge is -2.36. The molecule has 1 aromatic rings. The van der Waals surface area contributed by atoms with E-state index in [1.807, 2.05) is 12.1 Å². The summed E-state index contributed by atoms with van der Waals surface area (Å²) < 4.78 is 16.0.